The zero-order valence-corrected chi connectivity index (χ0v) is 12.4. The van der Waals surface area contributed by atoms with Crippen molar-refractivity contribution in [3.8, 4) is 6.07 Å². The van der Waals surface area contributed by atoms with Gasteiger partial charge in [0.1, 0.15) is 17.0 Å². The van der Waals surface area contributed by atoms with Gasteiger partial charge in [0.25, 0.3) is 0 Å². The van der Waals surface area contributed by atoms with Crippen molar-refractivity contribution in [1.29, 1.82) is 5.26 Å². The van der Waals surface area contributed by atoms with Crippen LogP contribution in [-0.2, 0) is 14.8 Å². The summed E-state index contributed by atoms with van der Waals surface area (Å²) in [6, 6.07) is 4.52. The van der Waals surface area contributed by atoms with Gasteiger partial charge in [0.15, 0.2) is 0 Å². The van der Waals surface area contributed by atoms with Gasteiger partial charge in [0, 0.05) is 10.8 Å². The van der Waals surface area contributed by atoms with Crippen LogP contribution in [0.15, 0.2) is 23.1 Å². The number of thioether (sulfide) groups is 1. The molecule has 9 heteroatoms. The minimum atomic E-state index is -4.07. The van der Waals surface area contributed by atoms with Gasteiger partial charge in [-0.25, -0.2) is 8.42 Å². The van der Waals surface area contributed by atoms with E-state index in [-0.39, 0.29) is 27.1 Å². The highest BCUT2D eigenvalue weighted by Gasteiger charge is 2.41. The van der Waals surface area contributed by atoms with Crippen LogP contribution in [0.2, 0.25) is 5.02 Å². The number of aliphatic carboxylic acids is 1. The Kier molecular flexibility index (Phi) is 4.25. The molecule has 0 unspecified atom stereocenters. The molecule has 2 rings (SSSR count). The SMILES string of the molecule is N#Cc1ccc(Cl)cc1S(=O)(=O)N1CSC[C@H]1C(=O)O. The molecule has 0 spiro atoms. The van der Waals surface area contributed by atoms with E-state index in [9.17, 15) is 13.2 Å². The van der Waals surface area contributed by atoms with E-state index in [1.165, 1.54) is 23.9 Å². The summed E-state index contributed by atoms with van der Waals surface area (Å²) >= 11 is 6.98. The molecule has 0 bridgehead atoms. The van der Waals surface area contributed by atoms with Crippen LogP contribution in [0.3, 0.4) is 0 Å². The highest BCUT2D eigenvalue weighted by molar-refractivity contribution is 8.00. The summed E-state index contributed by atoms with van der Waals surface area (Å²) < 4.78 is 25.9. The minimum Gasteiger partial charge on any atom is -0.480 e. The van der Waals surface area contributed by atoms with Crippen LogP contribution >= 0.6 is 23.4 Å². The molecule has 0 amide bonds. The van der Waals surface area contributed by atoms with E-state index in [1.807, 2.05) is 0 Å². The average Bonchev–Trinajstić information content (AvgIpc) is 2.88. The van der Waals surface area contributed by atoms with Crippen LogP contribution < -0.4 is 0 Å². The van der Waals surface area contributed by atoms with E-state index < -0.39 is 22.0 Å². The molecule has 20 heavy (non-hydrogen) atoms. The molecule has 0 saturated carbocycles. The molecule has 1 aliphatic heterocycles. The molecule has 1 heterocycles. The second-order valence-electron chi connectivity index (χ2n) is 4.00. The van der Waals surface area contributed by atoms with Crippen molar-refractivity contribution < 1.29 is 18.3 Å². The third-order valence-corrected chi connectivity index (χ3v) is 6.08. The molecule has 6 nitrogen and oxygen atoms in total. The lowest BCUT2D eigenvalue weighted by molar-refractivity contribution is -0.140. The highest BCUT2D eigenvalue weighted by atomic mass is 35.5. The molecule has 1 aromatic rings. The molecule has 1 saturated heterocycles. The number of rotatable bonds is 3. The van der Waals surface area contributed by atoms with E-state index in [4.69, 9.17) is 22.0 Å². The molecular formula is C11H9ClN2O4S2. The molecule has 0 aromatic heterocycles. The number of carboxylic acid groups (broad SMARTS) is 1. The van der Waals surface area contributed by atoms with Crippen LogP contribution in [0.25, 0.3) is 0 Å². The van der Waals surface area contributed by atoms with Crippen LogP contribution in [-0.4, -0.2) is 41.5 Å². The monoisotopic (exact) mass is 332 g/mol. The number of halogens is 1. The lowest BCUT2D eigenvalue weighted by Crippen LogP contribution is -2.41. The van der Waals surface area contributed by atoms with Gasteiger partial charge in [-0.3, -0.25) is 4.79 Å². The van der Waals surface area contributed by atoms with Crippen LogP contribution in [0.4, 0.5) is 0 Å². The lowest BCUT2D eigenvalue weighted by atomic mass is 10.2. The van der Waals surface area contributed by atoms with Crippen molar-refractivity contribution in [2.45, 2.75) is 10.9 Å². The largest absolute Gasteiger partial charge is 0.480 e. The lowest BCUT2D eigenvalue weighted by Gasteiger charge is -2.20. The summed E-state index contributed by atoms with van der Waals surface area (Å²) in [7, 11) is -4.07. The van der Waals surface area contributed by atoms with Gasteiger partial charge in [-0.1, -0.05) is 11.6 Å². The zero-order chi connectivity index (χ0) is 14.9. The number of hydrogen-bond donors (Lipinski definition) is 1. The molecular weight excluding hydrogens is 324 g/mol. The first-order chi connectivity index (χ1) is 9.37. The van der Waals surface area contributed by atoms with Crippen LogP contribution in [0.5, 0.6) is 0 Å². The number of nitrogens with zero attached hydrogens (tertiary/aromatic N) is 2. The fourth-order valence-electron chi connectivity index (χ4n) is 1.79. The smallest absolute Gasteiger partial charge is 0.322 e. The van der Waals surface area contributed by atoms with E-state index in [0.717, 1.165) is 10.4 Å². The number of hydrogen-bond acceptors (Lipinski definition) is 5. The van der Waals surface area contributed by atoms with Gasteiger partial charge in [-0.15, -0.1) is 11.8 Å². The van der Waals surface area contributed by atoms with Crippen LogP contribution in [0, 0.1) is 11.3 Å². The van der Waals surface area contributed by atoms with Crippen molar-refractivity contribution in [1.82, 2.24) is 4.31 Å². The topological polar surface area (TPSA) is 98.5 Å². The summed E-state index contributed by atoms with van der Waals surface area (Å²) in [4.78, 5) is 10.8. The quantitative estimate of drug-likeness (QED) is 0.897. The summed E-state index contributed by atoms with van der Waals surface area (Å²) in [5, 5.41) is 18.2. The standard InChI is InChI=1S/C11H9ClN2O4S2/c12-8-2-1-7(4-13)10(3-8)20(17,18)14-6-19-5-9(14)11(15)16/h1-3,9H,5-6H2,(H,15,16)/t9-/m0/s1. The molecule has 1 aromatic carbocycles. The highest BCUT2D eigenvalue weighted by Crippen LogP contribution is 2.31. The summed E-state index contributed by atoms with van der Waals surface area (Å²) in [5.41, 5.74) is -0.0598. The first-order valence-electron chi connectivity index (χ1n) is 5.40. The Labute approximate surface area is 125 Å². The molecule has 0 radical (unpaired) electrons. The maximum atomic E-state index is 12.5. The fraction of sp³-hybridized carbons (Fsp3) is 0.273. The molecule has 1 N–H and O–H groups in total. The number of carbonyl (C=O) groups is 1. The van der Waals surface area contributed by atoms with Crippen molar-refractivity contribution in [2.75, 3.05) is 11.6 Å². The Bertz CT molecular complexity index is 699. The van der Waals surface area contributed by atoms with Crippen molar-refractivity contribution in [3.63, 3.8) is 0 Å². The van der Waals surface area contributed by atoms with Crippen LogP contribution in [0.1, 0.15) is 5.56 Å². The number of carboxylic acids is 1. The van der Waals surface area contributed by atoms with E-state index in [0.29, 0.717) is 0 Å². The molecule has 1 fully saturated rings. The second-order valence-corrected chi connectivity index (χ2v) is 7.29. The van der Waals surface area contributed by atoms with Gasteiger partial charge in [-0.2, -0.15) is 9.57 Å². The normalized spacial score (nSPS) is 19.7. The molecule has 1 aliphatic rings. The predicted molar refractivity (Wildman–Crippen MR) is 73.9 cm³/mol. The van der Waals surface area contributed by atoms with Crippen molar-refractivity contribution in [3.05, 3.63) is 28.8 Å². The van der Waals surface area contributed by atoms with E-state index >= 15 is 0 Å². The zero-order valence-electron chi connectivity index (χ0n) is 9.98. The predicted octanol–water partition coefficient (Wildman–Crippen LogP) is 1.36. The number of sulfonamides is 1. The summed E-state index contributed by atoms with van der Waals surface area (Å²) in [5.74, 6) is -0.993. The Hall–Kier alpha value is -1.27. The molecule has 0 aliphatic carbocycles. The number of nitriles is 1. The van der Waals surface area contributed by atoms with Crippen molar-refractivity contribution in [2.24, 2.45) is 0 Å². The van der Waals surface area contributed by atoms with Gasteiger partial charge >= 0.3 is 5.97 Å². The van der Waals surface area contributed by atoms with Gasteiger partial charge in [0.05, 0.1) is 11.4 Å². The van der Waals surface area contributed by atoms with Crippen molar-refractivity contribution >= 4 is 39.4 Å². The Morgan fingerprint density at radius 1 is 1.55 bits per heavy atom. The first kappa shape index (κ1) is 15.1. The third kappa shape index (κ3) is 2.62. The number of benzene rings is 1. The first-order valence-corrected chi connectivity index (χ1v) is 8.37. The fourth-order valence-corrected chi connectivity index (χ4v) is 5.33. The van der Waals surface area contributed by atoms with E-state index in [2.05, 4.69) is 0 Å². The summed E-state index contributed by atoms with van der Waals surface area (Å²) in [6.07, 6.45) is 0. The molecule has 106 valence electrons. The Morgan fingerprint density at radius 3 is 2.85 bits per heavy atom. The Balaban J connectivity index is 2.54. The molecule has 1 atom stereocenters. The Morgan fingerprint density at radius 2 is 2.25 bits per heavy atom. The van der Waals surface area contributed by atoms with E-state index in [1.54, 1.807) is 6.07 Å². The second kappa shape index (κ2) is 5.61. The minimum absolute atomic E-state index is 0.0384. The third-order valence-electron chi connectivity index (χ3n) is 2.78. The maximum Gasteiger partial charge on any atom is 0.322 e. The average molecular weight is 333 g/mol. The van der Waals surface area contributed by atoms with Gasteiger partial charge < -0.3 is 5.11 Å². The van der Waals surface area contributed by atoms with Gasteiger partial charge in [0.2, 0.25) is 10.0 Å². The maximum absolute atomic E-state index is 12.5. The summed E-state index contributed by atoms with van der Waals surface area (Å²) in [6.45, 7) is 0. The van der Waals surface area contributed by atoms with Gasteiger partial charge in [-0.05, 0) is 18.2 Å².